The highest BCUT2D eigenvalue weighted by Gasteiger charge is 2.47. The second-order valence-electron chi connectivity index (χ2n) is 10.2. The second-order valence-corrected chi connectivity index (χ2v) is 10.2. The SMILES string of the molecule is O=C1N(Cc2ccc([N+](=O)[O-])cc2)CCC12CCN(CCC(c1ccccc1)c1ccccc1)CC2. The third-order valence-corrected chi connectivity index (χ3v) is 8.07. The Bertz CT molecular complexity index is 1130. The molecule has 0 N–H and O–H groups in total. The summed E-state index contributed by atoms with van der Waals surface area (Å²) in [5.41, 5.74) is 3.48. The van der Waals surface area contributed by atoms with Crippen LogP contribution in [0.25, 0.3) is 0 Å². The Balaban J connectivity index is 1.17. The molecule has 2 fully saturated rings. The van der Waals surface area contributed by atoms with Crippen LogP contribution < -0.4 is 0 Å². The highest BCUT2D eigenvalue weighted by molar-refractivity contribution is 5.85. The van der Waals surface area contributed by atoms with Gasteiger partial charge in [-0.2, -0.15) is 0 Å². The van der Waals surface area contributed by atoms with Gasteiger partial charge in [0.05, 0.1) is 10.3 Å². The number of nitrogens with zero attached hydrogens (tertiary/aromatic N) is 3. The van der Waals surface area contributed by atoms with Crippen molar-refractivity contribution in [2.75, 3.05) is 26.2 Å². The molecule has 2 aliphatic heterocycles. The first-order valence-corrected chi connectivity index (χ1v) is 12.9. The smallest absolute Gasteiger partial charge is 0.269 e. The summed E-state index contributed by atoms with van der Waals surface area (Å²) in [5, 5.41) is 10.9. The zero-order chi connectivity index (χ0) is 25.0. The van der Waals surface area contributed by atoms with Crippen LogP contribution in [0.4, 0.5) is 5.69 Å². The van der Waals surface area contributed by atoms with Gasteiger partial charge in [0.2, 0.25) is 5.91 Å². The first-order chi connectivity index (χ1) is 17.5. The van der Waals surface area contributed by atoms with Crippen molar-refractivity contribution in [2.24, 2.45) is 5.41 Å². The first-order valence-electron chi connectivity index (χ1n) is 12.9. The summed E-state index contributed by atoms with van der Waals surface area (Å²) in [6.07, 6.45) is 3.78. The molecule has 2 saturated heterocycles. The van der Waals surface area contributed by atoms with Crippen molar-refractivity contribution in [3.05, 3.63) is 112 Å². The number of likely N-dealkylation sites (tertiary alicyclic amines) is 2. The standard InChI is InChI=1S/C30H33N3O3/c34-29-30(18-22-32(29)23-24-11-13-27(14-12-24)33(35)36)16-20-31(21-17-30)19-15-28(25-7-3-1-4-8-25)26-9-5-2-6-10-26/h1-14,28H,15-23H2. The molecular formula is C30H33N3O3. The van der Waals surface area contributed by atoms with E-state index in [0.717, 1.165) is 57.4 Å². The fourth-order valence-electron chi connectivity index (χ4n) is 5.86. The molecule has 2 heterocycles. The van der Waals surface area contributed by atoms with Gasteiger partial charge in [-0.1, -0.05) is 72.8 Å². The lowest BCUT2D eigenvalue weighted by Gasteiger charge is -2.38. The minimum absolute atomic E-state index is 0.0807. The van der Waals surface area contributed by atoms with Gasteiger partial charge in [-0.15, -0.1) is 0 Å². The van der Waals surface area contributed by atoms with Gasteiger partial charge in [-0.25, -0.2) is 0 Å². The predicted molar refractivity (Wildman–Crippen MR) is 141 cm³/mol. The molecule has 1 amide bonds. The van der Waals surface area contributed by atoms with E-state index in [1.165, 1.54) is 23.3 Å². The van der Waals surface area contributed by atoms with Crippen molar-refractivity contribution < 1.29 is 9.72 Å². The Morgan fingerprint density at radius 3 is 1.92 bits per heavy atom. The van der Waals surface area contributed by atoms with Crippen LogP contribution in [-0.4, -0.2) is 46.8 Å². The van der Waals surface area contributed by atoms with E-state index in [2.05, 4.69) is 65.6 Å². The van der Waals surface area contributed by atoms with E-state index < -0.39 is 4.92 Å². The summed E-state index contributed by atoms with van der Waals surface area (Å²) >= 11 is 0. The number of carbonyl (C=O) groups excluding carboxylic acids is 1. The maximum absolute atomic E-state index is 13.4. The zero-order valence-electron chi connectivity index (χ0n) is 20.6. The molecule has 0 saturated carbocycles. The average molecular weight is 484 g/mol. The molecule has 6 heteroatoms. The van der Waals surface area contributed by atoms with Crippen molar-refractivity contribution in [1.82, 2.24) is 9.80 Å². The lowest BCUT2D eigenvalue weighted by atomic mass is 9.77. The number of non-ortho nitro benzene ring substituents is 1. The molecule has 1 spiro atoms. The van der Waals surface area contributed by atoms with E-state index in [1.54, 1.807) is 12.1 Å². The second kappa shape index (κ2) is 10.6. The number of nitro benzene ring substituents is 1. The fourth-order valence-corrected chi connectivity index (χ4v) is 5.86. The Morgan fingerprint density at radius 2 is 1.36 bits per heavy atom. The van der Waals surface area contributed by atoms with Gasteiger partial charge >= 0.3 is 0 Å². The van der Waals surface area contributed by atoms with Crippen LogP contribution >= 0.6 is 0 Å². The van der Waals surface area contributed by atoms with Crippen molar-refractivity contribution >= 4 is 11.6 Å². The largest absolute Gasteiger partial charge is 0.338 e. The molecule has 2 aliphatic rings. The monoisotopic (exact) mass is 483 g/mol. The Morgan fingerprint density at radius 1 is 0.806 bits per heavy atom. The Hall–Kier alpha value is -3.51. The van der Waals surface area contributed by atoms with Gasteiger partial charge in [-0.3, -0.25) is 14.9 Å². The summed E-state index contributed by atoms with van der Waals surface area (Å²) in [6, 6.07) is 28.0. The topological polar surface area (TPSA) is 66.7 Å². The molecule has 3 aromatic rings. The molecule has 36 heavy (non-hydrogen) atoms. The van der Waals surface area contributed by atoms with E-state index in [-0.39, 0.29) is 17.0 Å². The lowest BCUT2D eigenvalue weighted by Crippen LogP contribution is -2.45. The summed E-state index contributed by atoms with van der Waals surface area (Å²) in [5.74, 6) is 0.625. The fraction of sp³-hybridized carbons (Fsp3) is 0.367. The summed E-state index contributed by atoms with van der Waals surface area (Å²) in [4.78, 5) is 28.4. The molecule has 0 aromatic heterocycles. The van der Waals surface area contributed by atoms with Crippen LogP contribution in [0.15, 0.2) is 84.9 Å². The zero-order valence-corrected chi connectivity index (χ0v) is 20.6. The van der Waals surface area contributed by atoms with Gasteiger partial charge < -0.3 is 9.80 Å². The van der Waals surface area contributed by atoms with Crippen LogP contribution in [0.2, 0.25) is 0 Å². The molecule has 3 aromatic carbocycles. The summed E-state index contributed by atoms with van der Waals surface area (Å²) < 4.78 is 0. The first kappa shape index (κ1) is 24.2. The highest BCUT2D eigenvalue weighted by atomic mass is 16.6. The maximum Gasteiger partial charge on any atom is 0.269 e. The molecule has 5 rings (SSSR count). The number of hydrogen-bond acceptors (Lipinski definition) is 4. The van der Waals surface area contributed by atoms with Crippen LogP contribution in [0.1, 0.15) is 48.3 Å². The number of benzene rings is 3. The van der Waals surface area contributed by atoms with E-state index in [1.807, 2.05) is 4.90 Å². The molecule has 0 atom stereocenters. The van der Waals surface area contributed by atoms with E-state index in [0.29, 0.717) is 12.5 Å². The third-order valence-electron chi connectivity index (χ3n) is 8.07. The normalized spacial score (nSPS) is 17.7. The molecule has 186 valence electrons. The van der Waals surface area contributed by atoms with E-state index in [4.69, 9.17) is 0 Å². The number of nitro groups is 1. The minimum atomic E-state index is -0.393. The molecule has 0 aliphatic carbocycles. The van der Waals surface area contributed by atoms with Crippen molar-refractivity contribution in [3.8, 4) is 0 Å². The van der Waals surface area contributed by atoms with Gasteiger partial charge in [0.1, 0.15) is 0 Å². The predicted octanol–water partition coefficient (Wildman–Crippen LogP) is 5.63. The summed E-state index contributed by atoms with van der Waals surface area (Å²) in [6.45, 7) is 4.21. The minimum Gasteiger partial charge on any atom is -0.338 e. The van der Waals surface area contributed by atoms with Crippen LogP contribution in [0.3, 0.4) is 0 Å². The van der Waals surface area contributed by atoms with Crippen LogP contribution in [0.5, 0.6) is 0 Å². The molecule has 0 bridgehead atoms. The van der Waals surface area contributed by atoms with Gasteiger partial charge in [0.25, 0.3) is 5.69 Å². The number of piperidine rings is 1. The third kappa shape index (κ3) is 5.19. The van der Waals surface area contributed by atoms with Crippen LogP contribution in [0, 0.1) is 15.5 Å². The van der Waals surface area contributed by atoms with Gasteiger partial charge in [0.15, 0.2) is 0 Å². The van der Waals surface area contributed by atoms with Crippen molar-refractivity contribution in [2.45, 2.75) is 38.1 Å². The maximum atomic E-state index is 13.4. The highest BCUT2D eigenvalue weighted by Crippen LogP contribution is 2.42. The molecule has 0 radical (unpaired) electrons. The molecule has 0 unspecified atom stereocenters. The average Bonchev–Trinajstić information content (AvgIpc) is 3.21. The number of amides is 1. The van der Waals surface area contributed by atoms with Gasteiger partial charge in [-0.05, 0) is 62.0 Å². The molecular weight excluding hydrogens is 450 g/mol. The molecule has 6 nitrogen and oxygen atoms in total. The van der Waals surface area contributed by atoms with Crippen LogP contribution in [-0.2, 0) is 11.3 Å². The van der Waals surface area contributed by atoms with E-state index in [9.17, 15) is 14.9 Å². The van der Waals surface area contributed by atoms with Crippen molar-refractivity contribution in [1.29, 1.82) is 0 Å². The van der Waals surface area contributed by atoms with Crippen molar-refractivity contribution in [3.63, 3.8) is 0 Å². The lowest BCUT2D eigenvalue weighted by molar-refractivity contribution is -0.384. The number of carbonyl (C=O) groups is 1. The number of hydrogen-bond donors (Lipinski definition) is 0. The Kier molecular flexibility index (Phi) is 7.14. The number of rotatable bonds is 8. The van der Waals surface area contributed by atoms with E-state index >= 15 is 0 Å². The van der Waals surface area contributed by atoms with Gasteiger partial charge in [0, 0.05) is 31.1 Å². The Labute approximate surface area is 212 Å². The summed E-state index contributed by atoms with van der Waals surface area (Å²) in [7, 11) is 0. The quantitative estimate of drug-likeness (QED) is 0.308.